The van der Waals surface area contributed by atoms with Gasteiger partial charge in [-0.15, -0.1) is 11.3 Å². The van der Waals surface area contributed by atoms with E-state index in [0.717, 1.165) is 40.7 Å². The van der Waals surface area contributed by atoms with Gasteiger partial charge in [-0.2, -0.15) is 0 Å². The minimum atomic E-state index is 0.195. The molecule has 21 heavy (non-hydrogen) atoms. The molecule has 0 saturated heterocycles. The van der Waals surface area contributed by atoms with Crippen molar-refractivity contribution in [3.05, 3.63) is 39.8 Å². The highest BCUT2D eigenvalue weighted by Crippen LogP contribution is 2.28. The molecule has 0 radical (unpaired) electrons. The summed E-state index contributed by atoms with van der Waals surface area (Å²) in [4.78, 5) is 4.56. The Morgan fingerprint density at radius 1 is 1.19 bits per heavy atom. The number of methoxy groups -OCH3 is 2. The maximum atomic E-state index is 5.36. The van der Waals surface area contributed by atoms with Crippen LogP contribution in [-0.4, -0.2) is 25.7 Å². The van der Waals surface area contributed by atoms with Crippen LogP contribution in [0.2, 0.25) is 0 Å². The van der Waals surface area contributed by atoms with E-state index in [1.807, 2.05) is 13.0 Å². The second kappa shape index (κ2) is 7.43. The number of nitrogens with one attached hydrogen (secondary N) is 1. The summed E-state index contributed by atoms with van der Waals surface area (Å²) in [6.07, 6.45) is 0.856. The topological polar surface area (TPSA) is 43.4 Å². The first kappa shape index (κ1) is 15.8. The molecular formula is C16H22N2O2S. The van der Waals surface area contributed by atoms with Gasteiger partial charge in [0.25, 0.3) is 0 Å². The number of hydrogen-bond acceptors (Lipinski definition) is 5. The van der Waals surface area contributed by atoms with Gasteiger partial charge in [-0.1, -0.05) is 6.92 Å². The molecule has 4 nitrogen and oxygen atoms in total. The first-order valence-electron chi connectivity index (χ1n) is 7.03. The van der Waals surface area contributed by atoms with E-state index in [0.29, 0.717) is 0 Å². The predicted molar refractivity (Wildman–Crippen MR) is 86.5 cm³/mol. The molecule has 0 aliphatic carbocycles. The van der Waals surface area contributed by atoms with Crippen LogP contribution in [0.15, 0.2) is 23.6 Å². The number of benzene rings is 1. The van der Waals surface area contributed by atoms with E-state index in [2.05, 4.69) is 34.7 Å². The highest BCUT2D eigenvalue weighted by Gasteiger charge is 2.15. The largest absolute Gasteiger partial charge is 0.497 e. The third-order valence-corrected chi connectivity index (χ3v) is 4.13. The lowest BCUT2D eigenvalue weighted by atomic mass is 10.0. The highest BCUT2D eigenvalue weighted by atomic mass is 32.1. The number of ether oxygens (including phenoxy) is 2. The summed E-state index contributed by atoms with van der Waals surface area (Å²) >= 11 is 1.69. The first-order valence-corrected chi connectivity index (χ1v) is 7.91. The molecule has 1 aromatic heterocycles. The van der Waals surface area contributed by atoms with Crippen molar-refractivity contribution in [2.24, 2.45) is 0 Å². The molecule has 0 fully saturated rings. The average Bonchev–Trinajstić information content (AvgIpc) is 2.91. The van der Waals surface area contributed by atoms with Gasteiger partial charge in [0.05, 0.1) is 24.9 Å². The first-order chi connectivity index (χ1) is 10.2. The molecule has 1 atom stereocenters. The Morgan fingerprint density at radius 3 is 2.33 bits per heavy atom. The molecule has 1 unspecified atom stereocenters. The Balaban J connectivity index is 2.28. The number of aromatic nitrogens is 1. The van der Waals surface area contributed by atoms with E-state index < -0.39 is 0 Å². The summed E-state index contributed by atoms with van der Waals surface area (Å²) < 4.78 is 10.7. The summed E-state index contributed by atoms with van der Waals surface area (Å²) in [5.74, 6) is 1.61. The Labute approximate surface area is 130 Å². The zero-order chi connectivity index (χ0) is 15.2. The molecular weight excluding hydrogens is 284 g/mol. The normalized spacial score (nSPS) is 12.2. The van der Waals surface area contributed by atoms with Gasteiger partial charge in [0.2, 0.25) is 0 Å². The van der Waals surface area contributed by atoms with Crippen LogP contribution in [0.25, 0.3) is 0 Å². The van der Waals surface area contributed by atoms with Crippen LogP contribution >= 0.6 is 11.3 Å². The van der Waals surface area contributed by atoms with E-state index in [4.69, 9.17) is 9.47 Å². The Bertz CT molecular complexity index is 561. The summed E-state index contributed by atoms with van der Waals surface area (Å²) in [5.41, 5.74) is 2.27. The second-order valence-corrected chi connectivity index (χ2v) is 5.88. The molecule has 1 N–H and O–H groups in total. The average molecular weight is 306 g/mol. The fourth-order valence-corrected chi connectivity index (χ4v) is 2.92. The zero-order valence-electron chi connectivity index (χ0n) is 13.0. The Kier molecular flexibility index (Phi) is 5.59. The molecule has 0 aliphatic rings. The van der Waals surface area contributed by atoms with Gasteiger partial charge in [-0.25, -0.2) is 4.98 Å². The van der Waals surface area contributed by atoms with Crippen LogP contribution < -0.4 is 14.8 Å². The van der Waals surface area contributed by atoms with Crippen molar-refractivity contribution in [1.82, 2.24) is 10.3 Å². The summed E-state index contributed by atoms with van der Waals surface area (Å²) in [5, 5.41) is 6.74. The molecule has 0 aliphatic heterocycles. The highest BCUT2D eigenvalue weighted by molar-refractivity contribution is 7.09. The number of hydrogen-bond donors (Lipinski definition) is 1. The van der Waals surface area contributed by atoms with E-state index in [9.17, 15) is 0 Å². The fourth-order valence-electron chi connectivity index (χ4n) is 2.30. The number of likely N-dealkylation sites (N-methyl/N-ethyl adjacent to an activating group) is 1. The van der Waals surface area contributed by atoms with E-state index in [-0.39, 0.29) is 6.04 Å². The Hall–Kier alpha value is -1.59. The van der Waals surface area contributed by atoms with Crippen LogP contribution in [-0.2, 0) is 6.42 Å². The molecule has 1 aromatic carbocycles. The molecule has 2 rings (SSSR count). The van der Waals surface area contributed by atoms with Crippen molar-refractivity contribution in [2.45, 2.75) is 26.3 Å². The molecule has 0 bridgehead atoms. The van der Waals surface area contributed by atoms with E-state index >= 15 is 0 Å². The minimum absolute atomic E-state index is 0.195. The SMILES string of the molecule is CCNC(Cc1csc(C)n1)c1cc(OC)cc(OC)c1. The van der Waals surface area contributed by atoms with Crippen LogP contribution in [0.1, 0.15) is 29.2 Å². The van der Waals surface area contributed by atoms with Crippen LogP contribution in [0, 0.1) is 6.92 Å². The number of nitrogens with zero attached hydrogens (tertiary/aromatic N) is 1. The summed E-state index contributed by atoms with van der Waals surface area (Å²) in [7, 11) is 3.34. The smallest absolute Gasteiger partial charge is 0.122 e. The van der Waals surface area contributed by atoms with Crippen molar-refractivity contribution in [1.29, 1.82) is 0 Å². The molecule has 0 saturated carbocycles. The molecule has 0 spiro atoms. The third kappa shape index (κ3) is 4.19. The van der Waals surface area contributed by atoms with Crippen molar-refractivity contribution in [3.8, 4) is 11.5 Å². The quantitative estimate of drug-likeness (QED) is 0.852. The zero-order valence-corrected chi connectivity index (χ0v) is 13.8. The molecule has 0 amide bonds. The minimum Gasteiger partial charge on any atom is -0.497 e. The van der Waals surface area contributed by atoms with Crippen LogP contribution in [0.3, 0.4) is 0 Å². The maximum Gasteiger partial charge on any atom is 0.122 e. The van der Waals surface area contributed by atoms with Gasteiger partial charge in [0.1, 0.15) is 11.5 Å². The standard InChI is InChI=1S/C16H22N2O2S/c1-5-17-16(8-13-10-21-11(2)18-13)12-6-14(19-3)9-15(7-12)20-4/h6-7,9-10,16-17H,5,8H2,1-4H3. The monoisotopic (exact) mass is 306 g/mol. The summed E-state index contributed by atoms with van der Waals surface area (Å²) in [6.45, 7) is 5.04. The van der Waals surface area contributed by atoms with Crippen molar-refractivity contribution in [3.63, 3.8) is 0 Å². The van der Waals surface area contributed by atoms with E-state index in [1.165, 1.54) is 0 Å². The molecule has 5 heteroatoms. The molecule has 1 heterocycles. The van der Waals surface area contributed by atoms with E-state index in [1.54, 1.807) is 25.6 Å². The lowest BCUT2D eigenvalue weighted by Crippen LogP contribution is -2.23. The predicted octanol–water partition coefficient (Wildman–Crippen LogP) is 3.36. The Morgan fingerprint density at radius 2 is 1.86 bits per heavy atom. The van der Waals surface area contributed by atoms with Crippen LogP contribution in [0.4, 0.5) is 0 Å². The second-order valence-electron chi connectivity index (χ2n) is 4.82. The lowest BCUT2D eigenvalue weighted by molar-refractivity contribution is 0.391. The maximum absolute atomic E-state index is 5.36. The van der Waals surface area contributed by atoms with Gasteiger partial charge in [-0.3, -0.25) is 0 Å². The summed E-state index contributed by atoms with van der Waals surface area (Å²) in [6, 6.07) is 6.18. The molecule has 114 valence electrons. The number of aryl methyl sites for hydroxylation is 1. The lowest BCUT2D eigenvalue weighted by Gasteiger charge is -2.19. The molecule has 2 aromatic rings. The number of rotatable bonds is 7. The van der Waals surface area contributed by atoms with Crippen molar-refractivity contribution < 1.29 is 9.47 Å². The van der Waals surface area contributed by atoms with Gasteiger partial charge in [0.15, 0.2) is 0 Å². The van der Waals surface area contributed by atoms with Gasteiger partial charge >= 0.3 is 0 Å². The number of thiazole rings is 1. The van der Waals surface area contributed by atoms with Crippen molar-refractivity contribution in [2.75, 3.05) is 20.8 Å². The fraction of sp³-hybridized carbons (Fsp3) is 0.438. The van der Waals surface area contributed by atoms with Gasteiger partial charge in [-0.05, 0) is 31.2 Å². The third-order valence-electron chi connectivity index (χ3n) is 3.31. The van der Waals surface area contributed by atoms with Crippen LogP contribution in [0.5, 0.6) is 11.5 Å². The van der Waals surface area contributed by atoms with Gasteiger partial charge in [0, 0.05) is 23.9 Å². The van der Waals surface area contributed by atoms with Crippen molar-refractivity contribution >= 4 is 11.3 Å². The van der Waals surface area contributed by atoms with Gasteiger partial charge < -0.3 is 14.8 Å².